The van der Waals surface area contributed by atoms with Crippen molar-refractivity contribution >= 4 is 23.6 Å². The minimum atomic E-state index is -0.329. The van der Waals surface area contributed by atoms with Crippen LogP contribution in [0.4, 0.5) is 0 Å². The normalized spacial score (nSPS) is 20.4. The summed E-state index contributed by atoms with van der Waals surface area (Å²) >= 11 is 0. The maximum absolute atomic E-state index is 11.0. The van der Waals surface area contributed by atoms with E-state index in [0.717, 1.165) is 37.5 Å². The van der Waals surface area contributed by atoms with Crippen molar-refractivity contribution in [2.75, 3.05) is 26.2 Å². The Morgan fingerprint density at radius 3 is 1.96 bits per heavy atom. The number of rotatable bonds is 10. The predicted molar refractivity (Wildman–Crippen MR) is 214 cm³/mol. The quantitative estimate of drug-likeness (QED) is 0.165. The van der Waals surface area contributed by atoms with E-state index in [4.69, 9.17) is 4.74 Å². The van der Waals surface area contributed by atoms with E-state index < -0.39 is 0 Å². The van der Waals surface area contributed by atoms with Gasteiger partial charge in [0.1, 0.15) is 12.1 Å². The van der Waals surface area contributed by atoms with Gasteiger partial charge in [0.15, 0.2) is 17.8 Å². The molecule has 51 heavy (non-hydrogen) atoms. The fourth-order valence-corrected chi connectivity index (χ4v) is 6.05. The van der Waals surface area contributed by atoms with Crippen LogP contribution in [-0.4, -0.2) is 65.8 Å². The Bertz CT molecular complexity index is 1170. The van der Waals surface area contributed by atoms with Gasteiger partial charge >= 0.3 is 0 Å². The zero-order chi connectivity index (χ0) is 39.3. The predicted octanol–water partition coefficient (Wildman–Crippen LogP) is 10.6. The minimum absolute atomic E-state index is 0.106. The van der Waals surface area contributed by atoms with E-state index in [-0.39, 0.29) is 27.8 Å². The van der Waals surface area contributed by atoms with Gasteiger partial charge in [-0.1, -0.05) is 80.5 Å². The van der Waals surface area contributed by atoms with Gasteiger partial charge in [-0.2, -0.15) is 0 Å². The first-order valence-electron chi connectivity index (χ1n) is 19.6. The molecule has 0 bridgehead atoms. The molecular formula is C44H76N2O5. The lowest BCUT2D eigenvalue weighted by molar-refractivity contribution is -0.120. The summed E-state index contributed by atoms with van der Waals surface area (Å²) in [6.45, 7) is 33.0. The number of ketones is 3. The molecule has 0 aromatic heterocycles. The summed E-state index contributed by atoms with van der Waals surface area (Å²) in [5, 5.41) is 0. The number of hydrogen-bond donors (Lipinski definition) is 0. The van der Waals surface area contributed by atoms with E-state index in [9.17, 15) is 19.2 Å². The molecule has 0 aromatic carbocycles. The molecule has 0 N–H and O–H groups in total. The molecule has 1 aliphatic carbocycles. The maximum Gasteiger partial charge on any atom is 0.158 e. The summed E-state index contributed by atoms with van der Waals surface area (Å²) in [5.74, 6) is 1.85. The van der Waals surface area contributed by atoms with E-state index in [0.29, 0.717) is 37.7 Å². The van der Waals surface area contributed by atoms with Crippen LogP contribution in [0.5, 0.6) is 0 Å². The number of likely N-dealkylation sites (tertiary alicyclic amines) is 2. The molecule has 0 amide bonds. The molecule has 1 unspecified atom stereocenters. The molecule has 2 fully saturated rings. The van der Waals surface area contributed by atoms with Crippen LogP contribution in [0.25, 0.3) is 0 Å². The highest BCUT2D eigenvalue weighted by Gasteiger charge is 2.39. The number of Topliss-reactive ketones (excluding diaryl/α,β-unsaturated/α-hetero) is 2. The summed E-state index contributed by atoms with van der Waals surface area (Å²) < 4.78 is 6.12. The number of hydrogen-bond acceptors (Lipinski definition) is 7. The summed E-state index contributed by atoms with van der Waals surface area (Å²) in [6, 6.07) is 0. The first kappa shape index (κ1) is 48.2. The van der Waals surface area contributed by atoms with Gasteiger partial charge in [0.05, 0.1) is 5.76 Å². The first-order valence-corrected chi connectivity index (χ1v) is 19.6. The Labute approximate surface area is 313 Å². The summed E-state index contributed by atoms with van der Waals surface area (Å²) in [4.78, 5) is 47.3. The van der Waals surface area contributed by atoms with Crippen molar-refractivity contribution in [3.8, 4) is 0 Å². The van der Waals surface area contributed by atoms with Gasteiger partial charge in [-0.25, -0.2) is 0 Å². The standard InChI is InChI=1S/C13H23NO.C9H16O2.C9H14O.C8H15N.C5H8O/c1-4-11-7-8-13(2,3)12(15-11)14-9-5-6-10-14;1-4-8(11)5-6-9(2,3)7-10;1-7-6-9(2,3)5-4-8(7)10;1-8(2)7-9-5-3-4-6-9;1-3-5(6)4-2/h7,12H,4-6,8-10H2,1-3H3;7H,4-6H2,1-3H3;6H,4-5H2,1-3H3;7H,3-6H2,1-2H3;3H,1,4H2,2H3. The highest BCUT2D eigenvalue weighted by Crippen LogP contribution is 2.38. The zero-order valence-corrected chi connectivity index (χ0v) is 34.9. The third kappa shape index (κ3) is 21.4. The van der Waals surface area contributed by atoms with Gasteiger partial charge in [0.2, 0.25) is 0 Å². The van der Waals surface area contributed by atoms with Crippen molar-refractivity contribution in [3.05, 3.63) is 47.9 Å². The van der Waals surface area contributed by atoms with Gasteiger partial charge in [-0.3, -0.25) is 19.3 Å². The van der Waals surface area contributed by atoms with Crippen LogP contribution in [0.15, 0.2) is 47.9 Å². The summed E-state index contributed by atoms with van der Waals surface area (Å²) in [5.41, 5.74) is 2.54. The lowest BCUT2D eigenvalue weighted by atomic mass is 9.80. The molecule has 0 radical (unpaired) electrons. The Kier molecular flexibility index (Phi) is 23.1. The highest BCUT2D eigenvalue weighted by molar-refractivity contribution is 5.95. The smallest absolute Gasteiger partial charge is 0.158 e. The average molecular weight is 713 g/mol. The van der Waals surface area contributed by atoms with Gasteiger partial charge in [-0.15, -0.1) is 0 Å². The van der Waals surface area contributed by atoms with Crippen molar-refractivity contribution in [3.63, 3.8) is 0 Å². The van der Waals surface area contributed by atoms with Crippen LogP contribution in [0.3, 0.4) is 0 Å². The molecular weight excluding hydrogens is 636 g/mol. The lowest BCUT2D eigenvalue weighted by Crippen LogP contribution is -2.47. The Morgan fingerprint density at radius 1 is 0.980 bits per heavy atom. The average Bonchev–Trinajstić information content (AvgIpc) is 3.81. The van der Waals surface area contributed by atoms with E-state index in [2.05, 4.69) is 83.2 Å². The molecule has 4 aliphatic rings. The topological polar surface area (TPSA) is 84.0 Å². The van der Waals surface area contributed by atoms with Crippen LogP contribution in [-0.2, 0) is 23.9 Å². The third-order valence-electron chi connectivity index (χ3n) is 9.57. The summed E-state index contributed by atoms with van der Waals surface area (Å²) in [7, 11) is 0. The van der Waals surface area contributed by atoms with E-state index in [1.807, 2.05) is 34.6 Å². The molecule has 0 spiro atoms. The van der Waals surface area contributed by atoms with Gasteiger partial charge < -0.3 is 14.4 Å². The summed E-state index contributed by atoms with van der Waals surface area (Å²) in [6.07, 6.45) is 20.9. The van der Waals surface area contributed by atoms with Crippen molar-refractivity contribution in [2.45, 2.75) is 166 Å². The second kappa shape index (κ2) is 24.4. The number of ether oxygens (including phenoxy) is 1. The second-order valence-corrected chi connectivity index (χ2v) is 16.6. The van der Waals surface area contributed by atoms with E-state index in [1.165, 1.54) is 69.3 Å². The molecule has 292 valence electrons. The van der Waals surface area contributed by atoms with Crippen LogP contribution >= 0.6 is 0 Å². The fraction of sp³-hybridized carbons (Fsp3) is 0.727. The molecule has 7 nitrogen and oxygen atoms in total. The molecule has 2 saturated heterocycles. The van der Waals surface area contributed by atoms with Gasteiger partial charge in [0.25, 0.3) is 0 Å². The number of carbonyl (C=O) groups is 4. The van der Waals surface area contributed by atoms with Crippen molar-refractivity contribution in [2.24, 2.45) is 16.2 Å². The van der Waals surface area contributed by atoms with Crippen LogP contribution in [0.2, 0.25) is 0 Å². The van der Waals surface area contributed by atoms with Crippen LogP contribution in [0, 0.1) is 16.2 Å². The fourth-order valence-electron chi connectivity index (χ4n) is 6.05. The Hall–Kier alpha value is -2.80. The number of carbonyl (C=O) groups excluding carboxylic acids is 4. The monoisotopic (exact) mass is 713 g/mol. The van der Waals surface area contributed by atoms with Crippen molar-refractivity contribution in [1.29, 1.82) is 0 Å². The molecule has 3 heterocycles. The van der Waals surface area contributed by atoms with Crippen LogP contribution in [0.1, 0.15) is 160 Å². The highest BCUT2D eigenvalue weighted by atomic mass is 16.5. The SMILES string of the molecule is C=CC(=O)CC.CC(C)=CN1CCCC1.CC1=CC(C)(C)CCC1=O.CCC(=O)CCC(C)(C)C=O.CCC1=CCC(C)(C)C(N2CCCC2)O1. The molecule has 7 heteroatoms. The zero-order valence-electron chi connectivity index (χ0n) is 34.9. The largest absolute Gasteiger partial charge is 0.479 e. The molecule has 1 atom stereocenters. The molecule has 3 aliphatic heterocycles. The van der Waals surface area contributed by atoms with Crippen LogP contribution < -0.4 is 0 Å². The Morgan fingerprint density at radius 2 is 1.55 bits per heavy atom. The van der Waals surface area contributed by atoms with E-state index in [1.54, 1.807) is 0 Å². The molecule has 0 saturated carbocycles. The maximum atomic E-state index is 11.0. The number of nitrogens with zero attached hydrogens (tertiary/aromatic N) is 2. The van der Waals surface area contributed by atoms with Gasteiger partial charge in [0, 0.05) is 69.1 Å². The number of aldehydes is 1. The first-order chi connectivity index (χ1) is 23.8. The lowest BCUT2D eigenvalue weighted by Gasteiger charge is -2.43. The minimum Gasteiger partial charge on any atom is -0.479 e. The third-order valence-corrected chi connectivity index (χ3v) is 9.57. The van der Waals surface area contributed by atoms with Crippen molar-refractivity contribution in [1.82, 2.24) is 9.80 Å². The Balaban J connectivity index is 0.000000632. The molecule has 0 aromatic rings. The molecule has 4 rings (SSSR count). The van der Waals surface area contributed by atoms with Gasteiger partial charge in [-0.05, 0) is 95.1 Å². The second-order valence-electron chi connectivity index (χ2n) is 16.6. The van der Waals surface area contributed by atoms with Crippen molar-refractivity contribution < 1.29 is 23.9 Å². The number of allylic oxidation sites excluding steroid dienone is 6. The van der Waals surface area contributed by atoms with E-state index >= 15 is 0 Å².